The molecule has 134 valence electrons. The zero-order valence-electron chi connectivity index (χ0n) is 14.5. The third-order valence-corrected chi connectivity index (χ3v) is 6.58. The highest BCUT2D eigenvalue weighted by atomic mass is 35.5. The van der Waals surface area contributed by atoms with E-state index in [1.54, 1.807) is 0 Å². The third-order valence-electron chi connectivity index (χ3n) is 6.33. The molecule has 25 heavy (non-hydrogen) atoms. The van der Waals surface area contributed by atoms with Crippen molar-refractivity contribution in [3.63, 3.8) is 0 Å². The number of carbonyl (C=O) groups is 2. The van der Waals surface area contributed by atoms with Crippen molar-refractivity contribution in [3.8, 4) is 0 Å². The van der Waals surface area contributed by atoms with Crippen LogP contribution in [0.5, 0.6) is 0 Å². The van der Waals surface area contributed by atoms with Gasteiger partial charge in [-0.3, -0.25) is 9.59 Å². The van der Waals surface area contributed by atoms with Crippen LogP contribution in [-0.2, 0) is 15.0 Å². The molecule has 0 radical (unpaired) electrons. The molecular formula is C20H25ClN2O2. The van der Waals surface area contributed by atoms with E-state index in [-0.39, 0.29) is 23.8 Å². The van der Waals surface area contributed by atoms with Crippen molar-refractivity contribution in [1.82, 2.24) is 10.2 Å². The lowest BCUT2D eigenvalue weighted by Crippen LogP contribution is -2.54. The number of piperidine rings is 1. The number of hydrogen-bond acceptors (Lipinski definition) is 2. The zero-order valence-corrected chi connectivity index (χ0v) is 15.2. The number of hydrogen-bond donors (Lipinski definition) is 1. The van der Waals surface area contributed by atoms with Gasteiger partial charge >= 0.3 is 0 Å². The molecular weight excluding hydrogens is 336 g/mol. The standard InChI is InChI=1S/C20H25ClN2O2/c21-16-6-4-15(5-7-16)20(9-2-1-3-10-20)19(25)23-11-8-17-14(13-23)12-18(24)22-17/h4-7,14,17H,1-3,8-13H2,(H,22,24)/t14-,17+/m1/s1. The Labute approximate surface area is 153 Å². The van der Waals surface area contributed by atoms with E-state index in [1.807, 2.05) is 29.2 Å². The van der Waals surface area contributed by atoms with Gasteiger partial charge in [0, 0.05) is 36.5 Å². The Kier molecular flexibility index (Phi) is 4.48. The summed E-state index contributed by atoms with van der Waals surface area (Å²) in [7, 11) is 0. The summed E-state index contributed by atoms with van der Waals surface area (Å²) in [5, 5.41) is 3.76. The minimum atomic E-state index is -0.411. The largest absolute Gasteiger partial charge is 0.353 e. The van der Waals surface area contributed by atoms with E-state index < -0.39 is 5.41 Å². The molecule has 2 heterocycles. The van der Waals surface area contributed by atoms with Crippen molar-refractivity contribution in [1.29, 1.82) is 0 Å². The van der Waals surface area contributed by atoms with Crippen LogP contribution in [0, 0.1) is 5.92 Å². The van der Waals surface area contributed by atoms with E-state index >= 15 is 0 Å². The fourth-order valence-corrected chi connectivity index (χ4v) is 5.10. The van der Waals surface area contributed by atoms with Crippen LogP contribution in [-0.4, -0.2) is 35.8 Å². The van der Waals surface area contributed by atoms with Crippen LogP contribution in [0.2, 0.25) is 5.02 Å². The van der Waals surface area contributed by atoms with Crippen molar-refractivity contribution < 1.29 is 9.59 Å². The first-order valence-corrected chi connectivity index (χ1v) is 9.81. The lowest BCUT2D eigenvalue weighted by Gasteiger charge is -2.43. The molecule has 3 fully saturated rings. The zero-order chi connectivity index (χ0) is 17.4. The predicted molar refractivity (Wildman–Crippen MR) is 97.4 cm³/mol. The average Bonchev–Trinajstić information content (AvgIpc) is 3.01. The van der Waals surface area contributed by atoms with E-state index in [1.165, 1.54) is 6.42 Å². The number of rotatable bonds is 2. The average molecular weight is 361 g/mol. The van der Waals surface area contributed by atoms with Crippen LogP contribution < -0.4 is 5.32 Å². The maximum atomic E-state index is 13.6. The summed E-state index contributed by atoms with van der Waals surface area (Å²) >= 11 is 6.06. The van der Waals surface area contributed by atoms with Gasteiger partial charge < -0.3 is 10.2 Å². The van der Waals surface area contributed by atoms with Gasteiger partial charge in [0.25, 0.3) is 0 Å². The predicted octanol–water partition coefficient (Wildman–Crippen LogP) is 3.28. The second kappa shape index (κ2) is 6.64. The Morgan fingerprint density at radius 1 is 1.16 bits per heavy atom. The Balaban J connectivity index is 1.60. The molecule has 2 atom stereocenters. The summed E-state index contributed by atoms with van der Waals surface area (Å²) in [4.78, 5) is 27.3. The molecule has 0 spiro atoms. The van der Waals surface area contributed by atoms with Crippen LogP contribution in [0.15, 0.2) is 24.3 Å². The summed E-state index contributed by atoms with van der Waals surface area (Å²) in [6.07, 6.45) is 6.64. The van der Waals surface area contributed by atoms with E-state index in [0.717, 1.165) is 44.2 Å². The minimum absolute atomic E-state index is 0.134. The molecule has 0 bridgehead atoms. The van der Waals surface area contributed by atoms with Gasteiger partial charge in [0.1, 0.15) is 0 Å². The van der Waals surface area contributed by atoms with E-state index in [0.29, 0.717) is 18.0 Å². The molecule has 3 aliphatic rings. The van der Waals surface area contributed by atoms with Gasteiger partial charge in [0.2, 0.25) is 11.8 Å². The Morgan fingerprint density at radius 2 is 1.88 bits per heavy atom. The fraction of sp³-hybridized carbons (Fsp3) is 0.600. The number of fused-ring (bicyclic) bond motifs is 1. The lowest BCUT2D eigenvalue weighted by molar-refractivity contribution is -0.141. The van der Waals surface area contributed by atoms with Crippen LogP contribution in [0.25, 0.3) is 0 Å². The summed E-state index contributed by atoms with van der Waals surface area (Å²) < 4.78 is 0. The molecule has 0 aromatic heterocycles. The van der Waals surface area contributed by atoms with Crippen molar-refractivity contribution in [2.45, 2.75) is 56.4 Å². The Morgan fingerprint density at radius 3 is 2.60 bits per heavy atom. The van der Waals surface area contributed by atoms with Crippen molar-refractivity contribution in [2.75, 3.05) is 13.1 Å². The first-order chi connectivity index (χ1) is 12.1. The van der Waals surface area contributed by atoms with Gasteiger partial charge in [-0.15, -0.1) is 0 Å². The van der Waals surface area contributed by atoms with Crippen LogP contribution in [0.1, 0.15) is 50.5 Å². The van der Waals surface area contributed by atoms with Crippen molar-refractivity contribution in [3.05, 3.63) is 34.9 Å². The number of nitrogens with zero attached hydrogens (tertiary/aromatic N) is 1. The number of likely N-dealkylation sites (tertiary alicyclic amines) is 1. The number of benzene rings is 1. The van der Waals surface area contributed by atoms with Gasteiger partial charge in [-0.1, -0.05) is 43.0 Å². The molecule has 1 aromatic rings. The molecule has 0 unspecified atom stereocenters. The van der Waals surface area contributed by atoms with Crippen LogP contribution >= 0.6 is 11.6 Å². The number of nitrogens with one attached hydrogen (secondary N) is 1. The number of carbonyl (C=O) groups excluding carboxylic acids is 2. The topological polar surface area (TPSA) is 49.4 Å². The summed E-state index contributed by atoms with van der Waals surface area (Å²) in [6.45, 7) is 1.45. The summed E-state index contributed by atoms with van der Waals surface area (Å²) in [5.74, 6) is 0.665. The normalized spacial score (nSPS) is 28.4. The second-order valence-corrected chi connectivity index (χ2v) is 8.26. The van der Waals surface area contributed by atoms with E-state index in [4.69, 9.17) is 11.6 Å². The summed E-state index contributed by atoms with van der Waals surface area (Å²) in [6, 6.07) is 8.10. The smallest absolute Gasteiger partial charge is 0.233 e. The highest BCUT2D eigenvalue weighted by molar-refractivity contribution is 6.30. The van der Waals surface area contributed by atoms with Gasteiger partial charge in [-0.2, -0.15) is 0 Å². The van der Waals surface area contributed by atoms with Gasteiger partial charge in [0.05, 0.1) is 5.41 Å². The van der Waals surface area contributed by atoms with Crippen LogP contribution in [0.3, 0.4) is 0 Å². The molecule has 4 nitrogen and oxygen atoms in total. The Bertz CT molecular complexity index is 667. The Hall–Kier alpha value is -1.55. The minimum Gasteiger partial charge on any atom is -0.353 e. The molecule has 1 aromatic carbocycles. The van der Waals surface area contributed by atoms with Crippen molar-refractivity contribution in [2.24, 2.45) is 5.92 Å². The molecule has 2 amide bonds. The van der Waals surface area contributed by atoms with Crippen LogP contribution in [0.4, 0.5) is 0 Å². The lowest BCUT2D eigenvalue weighted by atomic mass is 9.68. The van der Waals surface area contributed by atoms with E-state index in [9.17, 15) is 9.59 Å². The number of halogens is 1. The summed E-state index contributed by atoms with van der Waals surface area (Å²) in [5.41, 5.74) is 0.690. The van der Waals surface area contributed by atoms with Gasteiger partial charge in [0.15, 0.2) is 0 Å². The third kappa shape index (κ3) is 3.05. The molecule has 1 N–H and O–H groups in total. The maximum absolute atomic E-state index is 13.6. The second-order valence-electron chi connectivity index (χ2n) is 7.83. The van der Waals surface area contributed by atoms with E-state index in [2.05, 4.69) is 5.32 Å². The first-order valence-electron chi connectivity index (χ1n) is 9.43. The molecule has 2 aliphatic heterocycles. The molecule has 1 aliphatic carbocycles. The molecule has 4 rings (SSSR count). The molecule has 1 saturated carbocycles. The molecule has 5 heteroatoms. The SMILES string of the molecule is O=C1C[C@@H]2CN(C(=O)C3(c4ccc(Cl)cc4)CCCCC3)CC[C@@H]2N1. The van der Waals surface area contributed by atoms with Gasteiger partial charge in [-0.05, 0) is 37.0 Å². The highest BCUT2D eigenvalue weighted by Crippen LogP contribution is 2.42. The monoisotopic (exact) mass is 360 g/mol. The fourth-order valence-electron chi connectivity index (χ4n) is 4.97. The maximum Gasteiger partial charge on any atom is 0.233 e. The first kappa shape index (κ1) is 16.9. The highest BCUT2D eigenvalue weighted by Gasteiger charge is 2.46. The number of amides is 2. The quantitative estimate of drug-likeness (QED) is 0.879. The van der Waals surface area contributed by atoms with Crippen molar-refractivity contribution >= 4 is 23.4 Å². The molecule has 2 saturated heterocycles. The van der Waals surface area contributed by atoms with Gasteiger partial charge in [-0.25, -0.2) is 0 Å².